The first-order valence-corrected chi connectivity index (χ1v) is 9.00. The van der Waals surface area contributed by atoms with Gasteiger partial charge < -0.3 is 7.43 Å². The van der Waals surface area contributed by atoms with Crippen molar-refractivity contribution in [3.8, 4) is 0 Å². The molecule has 0 aliphatic carbocycles. The topological polar surface area (TPSA) is 0 Å². The molecule has 0 aromatic carbocycles. The molecule has 0 atom stereocenters. The van der Waals surface area contributed by atoms with Crippen molar-refractivity contribution in [3.63, 3.8) is 0 Å². The van der Waals surface area contributed by atoms with Gasteiger partial charge in [-0.05, 0) is 0 Å². The summed E-state index contributed by atoms with van der Waals surface area (Å²) >= 11 is 0. The summed E-state index contributed by atoms with van der Waals surface area (Å²) in [5.74, 6) is 0. The van der Waals surface area contributed by atoms with Gasteiger partial charge in [0.15, 0.2) is 0 Å². The van der Waals surface area contributed by atoms with E-state index in [1.54, 1.807) is 0 Å². The third-order valence-electron chi connectivity index (χ3n) is 0. The molecule has 0 aromatic rings. The van der Waals surface area contributed by atoms with Crippen molar-refractivity contribution in [2.24, 2.45) is 0 Å². The Balaban J connectivity index is -0.0000000300. The molecule has 0 nitrogen and oxygen atoms in total. The van der Waals surface area contributed by atoms with Crippen LogP contribution < -0.4 is 0 Å². The van der Waals surface area contributed by atoms with Crippen molar-refractivity contribution in [1.82, 2.24) is 0 Å². The van der Waals surface area contributed by atoms with E-state index in [9.17, 15) is 0 Å². The fourth-order valence-electron chi connectivity index (χ4n) is 0. The maximum atomic E-state index is 2.27. The van der Waals surface area contributed by atoms with Gasteiger partial charge in [0, 0.05) is 17.6 Å². The van der Waals surface area contributed by atoms with Crippen LogP contribution in [0.5, 0.6) is 0 Å². The molecule has 2 radical (unpaired) electrons. The smallest absolute Gasteiger partial charge is 0.358 e. The molecule has 0 saturated heterocycles. The molecule has 0 heterocycles. The van der Waals surface area contributed by atoms with E-state index < -0.39 is 0 Å². The van der Waals surface area contributed by atoms with Gasteiger partial charge in [-0.1, -0.05) is 39.3 Å². The van der Waals surface area contributed by atoms with Crippen molar-refractivity contribution in [3.05, 3.63) is 7.43 Å². The maximum absolute atomic E-state index is 2.27. The number of hydrogen-bond acceptors (Lipinski definition) is 0. The van der Waals surface area contributed by atoms with Crippen LogP contribution >= 0.6 is 0 Å². The Bertz CT molecular complexity index is 27.1. The zero-order valence-electron chi connectivity index (χ0n) is 8.50. The van der Waals surface area contributed by atoms with Crippen molar-refractivity contribution in [2.75, 3.05) is 0 Å². The average Bonchev–Trinajstić information content (AvgIpc) is 1.25. The number of hydrogen-bond donors (Lipinski definition) is 0. The monoisotopic (exact) mass is 209 g/mol. The first-order valence-electron chi connectivity index (χ1n) is 3.00. The molecule has 0 spiro atoms. The van der Waals surface area contributed by atoms with Crippen LogP contribution in [0.15, 0.2) is 0 Å². The molecule has 0 amide bonds. The summed E-state index contributed by atoms with van der Waals surface area (Å²) in [6.45, 7) is 13.6. The van der Waals surface area contributed by atoms with E-state index in [-0.39, 0.29) is 46.7 Å². The summed E-state index contributed by atoms with van der Waals surface area (Å²) in [4.78, 5) is 0. The summed E-state index contributed by atoms with van der Waals surface area (Å²) < 4.78 is 0. The minimum absolute atomic E-state index is 0. The molecular weight excluding hydrogens is 188 g/mol. The van der Waals surface area contributed by atoms with E-state index in [4.69, 9.17) is 0 Å². The van der Waals surface area contributed by atoms with Crippen LogP contribution in [0.25, 0.3) is 0 Å². The van der Waals surface area contributed by atoms with Crippen LogP contribution in [0.4, 0.5) is 0 Å². The van der Waals surface area contributed by atoms with Crippen LogP contribution in [0, 0.1) is 7.43 Å². The van der Waals surface area contributed by atoms with Gasteiger partial charge in [-0.3, -0.25) is 0 Å². The average molecular weight is 209 g/mol. The number of rotatable bonds is 0. The molecule has 0 aromatic heterocycles. The predicted octanol–water partition coefficient (Wildman–Crippen LogP) is 3.19. The standard InChI is InChI=1S/2C3H9Si.CH3.Ti/c2*1-4(2)3;;/h2*1-3H3;1H3;/q;;-1;+2. The molecule has 10 heavy (non-hydrogen) atoms. The first kappa shape index (κ1) is 22.5. The van der Waals surface area contributed by atoms with Gasteiger partial charge in [0.05, 0.1) is 0 Å². The van der Waals surface area contributed by atoms with Crippen LogP contribution in [-0.4, -0.2) is 17.6 Å². The minimum atomic E-state index is 0. The quantitative estimate of drug-likeness (QED) is 0.424. The molecule has 0 N–H and O–H groups in total. The summed E-state index contributed by atoms with van der Waals surface area (Å²) in [6.07, 6.45) is 0. The zero-order chi connectivity index (χ0) is 7.15. The maximum Gasteiger partial charge on any atom is 2.00 e. The van der Waals surface area contributed by atoms with Gasteiger partial charge in [0.2, 0.25) is 0 Å². The molecule has 0 saturated carbocycles. The Hall–Kier alpha value is 1.15. The summed E-state index contributed by atoms with van der Waals surface area (Å²) in [6, 6.07) is 0. The molecule has 0 fully saturated rings. The molecule has 3 heteroatoms. The second-order valence-electron chi connectivity index (χ2n) is 3.00. The second kappa shape index (κ2) is 16.6. The fraction of sp³-hybridized carbons (Fsp3) is 0.857. The van der Waals surface area contributed by atoms with Gasteiger partial charge in [-0.25, -0.2) is 0 Å². The van der Waals surface area contributed by atoms with Gasteiger partial charge in [-0.15, -0.1) is 0 Å². The van der Waals surface area contributed by atoms with E-state index in [1.165, 1.54) is 0 Å². The Morgan fingerprint density at radius 2 is 0.600 bits per heavy atom. The van der Waals surface area contributed by atoms with Gasteiger partial charge in [0.25, 0.3) is 0 Å². The van der Waals surface area contributed by atoms with E-state index >= 15 is 0 Å². The molecule has 0 bridgehead atoms. The second-order valence-corrected chi connectivity index (χ2v) is 9.00. The molecule has 0 unspecified atom stereocenters. The van der Waals surface area contributed by atoms with E-state index in [0.29, 0.717) is 0 Å². The van der Waals surface area contributed by atoms with Crippen LogP contribution in [-0.2, 0) is 21.7 Å². The summed E-state index contributed by atoms with van der Waals surface area (Å²) in [5.41, 5.74) is 0. The van der Waals surface area contributed by atoms with Crippen molar-refractivity contribution in [1.29, 1.82) is 0 Å². The van der Waals surface area contributed by atoms with Crippen LogP contribution in [0.1, 0.15) is 0 Å². The Morgan fingerprint density at radius 3 is 0.600 bits per heavy atom. The van der Waals surface area contributed by atoms with Gasteiger partial charge in [-0.2, -0.15) is 0 Å². The summed E-state index contributed by atoms with van der Waals surface area (Å²) in [7, 11) is 0.241. The molecule has 0 aliphatic rings. The van der Waals surface area contributed by atoms with Crippen molar-refractivity contribution >= 4 is 17.6 Å². The Kier molecular flexibility index (Phi) is 37.3. The van der Waals surface area contributed by atoms with E-state index in [0.717, 1.165) is 0 Å². The zero-order valence-corrected chi connectivity index (χ0v) is 12.1. The van der Waals surface area contributed by atoms with E-state index in [1.807, 2.05) is 0 Å². The SMILES string of the molecule is C[Si](C)C.C[Si](C)C.[CH3-].[Ti+2]. The predicted molar refractivity (Wildman–Crippen MR) is 53.1 cm³/mol. The van der Waals surface area contributed by atoms with Crippen LogP contribution in [0.2, 0.25) is 39.3 Å². The fourth-order valence-corrected chi connectivity index (χ4v) is 0. The van der Waals surface area contributed by atoms with Crippen molar-refractivity contribution < 1.29 is 21.7 Å². The molecule has 0 rings (SSSR count). The molecular formula is C7H21Si2Ti+. The van der Waals surface area contributed by atoms with Crippen molar-refractivity contribution in [2.45, 2.75) is 39.3 Å². The summed E-state index contributed by atoms with van der Waals surface area (Å²) in [5, 5.41) is 0. The third kappa shape index (κ3) is 461. The normalized spacial score (nSPS) is 7.20. The minimum Gasteiger partial charge on any atom is -0.358 e. The first-order chi connectivity index (χ1) is 3.46. The van der Waals surface area contributed by atoms with Gasteiger partial charge in [0.1, 0.15) is 0 Å². The Morgan fingerprint density at radius 1 is 0.600 bits per heavy atom. The van der Waals surface area contributed by atoms with Gasteiger partial charge >= 0.3 is 21.7 Å². The largest absolute Gasteiger partial charge is 2.00 e. The third-order valence-corrected chi connectivity index (χ3v) is 0. The molecule has 0 aliphatic heterocycles. The van der Waals surface area contributed by atoms with E-state index in [2.05, 4.69) is 39.3 Å². The molecule has 60 valence electrons. The Labute approximate surface area is 85.9 Å². The van der Waals surface area contributed by atoms with Crippen LogP contribution in [0.3, 0.4) is 0 Å².